The van der Waals surface area contributed by atoms with E-state index in [1.165, 1.54) is 18.7 Å². The fraction of sp³-hybridized carbons (Fsp3) is 0.600. The molecule has 9 nitrogen and oxygen atoms in total. The van der Waals surface area contributed by atoms with Crippen LogP contribution in [0.2, 0.25) is 0 Å². The van der Waals surface area contributed by atoms with Gasteiger partial charge in [-0.2, -0.15) is 5.10 Å². The molecule has 1 aliphatic heterocycles. The Labute approximate surface area is 109 Å². The molecule has 1 saturated heterocycles. The molecule has 9 heteroatoms. The molecule has 0 unspecified atom stereocenters. The van der Waals surface area contributed by atoms with E-state index in [2.05, 4.69) is 10.5 Å². The van der Waals surface area contributed by atoms with Gasteiger partial charge in [-0.05, 0) is 6.92 Å². The molecule has 0 radical (unpaired) electrons. The summed E-state index contributed by atoms with van der Waals surface area (Å²) in [5.74, 6) is -0.531. The molecule has 1 aliphatic rings. The van der Waals surface area contributed by atoms with Crippen molar-refractivity contribution in [2.75, 3.05) is 26.3 Å². The van der Waals surface area contributed by atoms with Gasteiger partial charge < -0.3 is 4.74 Å². The molecule has 2 heterocycles. The minimum absolute atomic E-state index is 0.0472. The van der Waals surface area contributed by atoms with Crippen molar-refractivity contribution in [1.29, 1.82) is 0 Å². The average Bonchev–Trinajstić information content (AvgIpc) is 2.65. The number of ether oxygens (including phenoxy) is 1. The summed E-state index contributed by atoms with van der Waals surface area (Å²) in [6, 6.07) is 0. The highest BCUT2D eigenvalue weighted by Crippen LogP contribution is 2.22. The number of morpholine rings is 1. The number of nitrogens with one attached hydrogen (secondary N) is 1. The van der Waals surface area contributed by atoms with Gasteiger partial charge in [-0.1, -0.05) is 0 Å². The maximum Gasteiger partial charge on any atom is 0.322 e. The number of hydrazine groups is 1. The van der Waals surface area contributed by atoms with E-state index < -0.39 is 10.8 Å². The van der Waals surface area contributed by atoms with E-state index in [0.717, 1.165) is 0 Å². The van der Waals surface area contributed by atoms with Crippen LogP contribution < -0.4 is 5.43 Å². The predicted molar refractivity (Wildman–Crippen MR) is 64.5 cm³/mol. The predicted octanol–water partition coefficient (Wildman–Crippen LogP) is -0.386. The van der Waals surface area contributed by atoms with E-state index in [-0.39, 0.29) is 17.1 Å². The van der Waals surface area contributed by atoms with Crippen LogP contribution in [0.25, 0.3) is 0 Å². The van der Waals surface area contributed by atoms with Crippen molar-refractivity contribution < 1.29 is 14.5 Å². The summed E-state index contributed by atoms with van der Waals surface area (Å²) in [5, 5.41) is 16.6. The quantitative estimate of drug-likeness (QED) is 0.592. The third kappa shape index (κ3) is 2.71. The van der Waals surface area contributed by atoms with Crippen LogP contribution in [0.5, 0.6) is 0 Å². The molecular formula is C10H15N5O4. The Morgan fingerprint density at radius 2 is 2.11 bits per heavy atom. The second-order valence-corrected chi connectivity index (χ2v) is 4.20. The number of rotatable bonds is 3. The first-order valence-corrected chi connectivity index (χ1v) is 5.82. The van der Waals surface area contributed by atoms with Crippen LogP contribution in [0.3, 0.4) is 0 Å². The highest BCUT2D eigenvalue weighted by Gasteiger charge is 2.30. The van der Waals surface area contributed by atoms with Crippen LogP contribution in [0.15, 0.2) is 0 Å². The number of carbonyl (C=O) groups is 1. The summed E-state index contributed by atoms with van der Waals surface area (Å²) in [6.07, 6.45) is 0. The fourth-order valence-electron chi connectivity index (χ4n) is 1.99. The zero-order valence-electron chi connectivity index (χ0n) is 10.8. The lowest BCUT2D eigenvalue weighted by atomic mass is 10.3. The molecule has 1 amide bonds. The number of nitro groups is 1. The second kappa shape index (κ2) is 5.33. The van der Waals surface area contributed by atoms with Gasteiger partial charge in [0.05, 0.1) is 18.1 Å². The summed E-state index contributed by atoms with van der Waals surface area (Å²) in [4.78, 5) is 22.5. The molecule has 2 rings (SSSR count). The van der Waals surface area contributed by atoms with Gasteiger partial charge in [-0.3, -0.25) is 25.0 Å². The lowest BCUT2D eigenvalue weighted by molar-refractivity contribution is -0.385. The molecule has 1 fully saturated rings. The van der Waals surface area contributed by atoms with Gasteiger partial charge in [0.1, 0.15) is 5.69 Å². The van der Waals surface area contributed by atoms with Crippen molar-refractivity contribution in [1.82, 2.24) is 20.2 Å². The molecule has 1 aromatic rings. The Morgan fingerprint density at radius 1 is 1.47 bits per heavy atom. The Hall–Kier alpha value is -2.00. The van der Waals surface area contributed by atoms with Crippen LogP contribution in [-0.4, -0.2) is 51.9 Å². The number of amides is 1. The van der Waals surface area contributed by atoms with Gasteiger partial charge in [0.25, 0.3) is 5.91 Å². The van der Waals surface area contributed by atoms with Gasteiger partial charge in [0.2, 0.25) is 5.69 Å². The van der Waals surface area contributed by atoms with Gasteiger partial charge in [-0.25, -0.2) is 5.01 Å². The number of hydrogen-bond donors (Lipinski definition) is 1. The van der Waals surface area contributed by atoms with E-state index in [1.54, 1.807) is 5.01 Å². The summed E-state index contributed by atoms with van der Waals surface area (Å²) < 4.78 is 6.38. The van der Waals surface area contributed by atoms with Crippen molar-refractivity contribution in [3.05, 3.63) is 21.5 Å². The maximum absolute atomic E-state index is 12.1. The molecule has 0 saturated carbocycles. The zero-order chi connectivity index (χ0) is 14.0. The van der Waals surface area contributed by atoms with E-state index >= 15 is 0 Å². The SMILES string of the molecule is Cc1nn(C)c(C(=O)NN2CCOCC2)c1[N+](=O)[O-]. The third-order valence-corrected chi connectivity index (χ3v) is 2.86. The Kier molecular flexibility index (Phi) is 3.76. The van der Waals surface area contributed by atoms with Crippen LogP contribution in [-0.2, 0) is 11.8 Å². The van der Waals surface area contributed by atoms with Crippen molar-refractivity contribution in [2.24, 2.45) is 7.05 Å². The molecule has 0 atom stereocenters. The van der Waals surface area contributed by atoms with E-state index in [1.807, 2.05) is 0 Å². The standard InChI is InChI=1S/C10H15N5O4/c1-7-8(15(17)18)9(13(2)11-7)10(16)12-14-3-5-19-6-4-14/h3-6H2,1-2H3,(H,12,16). The molecule has 0 aliphatic carbocycles. The summed E-state index contributed by atoms with van der Waals surface area (Å²) in [5.41, 5.74) is 2.55. The molecular weight excluding hydrogens is 254 g/mol. The highest BCUT2D eigenvalue weighted by atomic mass is 16.6. The Balaban J connectivity index is 2.20. The molecule has 0 spiro atoms. The third-order valence-electron chi connectivity index (χ3n) is 2.86. The van der Waals surface area contributed by atoms with E-state index in [0.29, 0.717) is 26.3 Å². The summed E-state index contributed by atoms with van der Waals surface area (Å²) in [6.45, 7) is 3.65. The first-order valence-electron chi connectivity index (χ1n) is 5.82. The summed E-state index contributed by atoms with van der Waals surface area (Å²) in [7, 11) is 1.51. The molecule has 0 aromatic carbocycles. The van der Waals surface area contributed by atoms with Crippen LogP contribution in [0.1, 0.15) is 16.2 Å². The number of aromatic nitrogens is 2. The second-order valence-electron chi connectivity index (χ2n) is 4.20. The van der Waals surface area contributed by atoms with Crippen molar-refractivity contribution in [3.63, 3.8) is 0 Å². The Morgan fingerprint density at radius 3 is 2.68 bits per heavy atom. The van der Waals surface area contributed by atoms with Gasteiger partial charge in [0, 0.05) is 20.1 Å². The normalized spacial score (nSPS) is 16.3. The van der Waals surface area contributed by atoms with Gasteiger partial charge >= 0.3 is 5.69 Å². The number of nitrogens with zero attached hydrogens (tertiary/aromatic N) is 4. The average molecular weight is 269 g/mol. The first-order chi connectivity index (χ1) is 9.00. The fourth-order valence-corrected chi connectivity index (χ4v) is 1.99. The number of aryl methyl sites for hydroxylation is 2. The maximum atomic E-state index is 12.1. The molecule has 104 valence electrons. The number of carbonyl (C=O) groups excluding carboxylic acids is 1. The van der Waals surface area contributed by atoms with E-state index in [9.17, 15) is 14.9 Å². The smallest absolute Gasteiger partial charge is 0.322 e. The largest absolute Gasteiger partial charge is 0.379 e. The van der Waals surface area contributed by atoms with Crippen LogP contribution >= 0.6 is 0 Å². The number of hydrogen-bond acceptors (Lipinski definition) is 6. The lowest BCUT2D eigenvalue weighted by Gasteiger charge is -2.26. The lowest BCUT2D eigenvalue weighted by Crippen LogP contribution is -2.48. The first kappa shape index (κ1) is 13.4. The topological polar surface area (TPSA) is 103 Å². The molecule has 1 aromatic heterocycles. The molecule has 0 bridgehead atoms. The molecule has 1 N–H and O–H groups in total. The highest BCUT2D eigenvalue weighted by molar-refractivity contribution is 5.96. The van der Waals surface area contributed by atoms with Crippen molar-refractivity contribution >= 4 is 11.6 Å². The Bertz CT molecular complexity index is 506. The van der Waals surface area contributed by atoms with Crippen molar-refractivity contribution in [3.8, 4) is 0 Å². The van der Waals surface area contributed by atoms with Gasteiger partial charge in [0.15, 0.2) is 0 Å². The molecule has 19 heavy (non-hydrogen) atoms. The summed E-state index contributed by atoms with van der Waals surface area (Å²) >= 11 is 0. The van der Waals surface area contributed by atoms with Crippen molar-refractivity contribution in [2.45, 2.75) is 6.92 Å². The van der Waals surface area contributed by atoms with Crippen LogP contribution in [0.4, 0.5) is 5.69 Å². The zero-order valence-corrected chi connectivity index (χ0v) is 10.8. The van der Waals surface area contributed by atoms with E-state index in [4.69, 9.17) is 4.74 Å². The minimum Gasteiger partial charge on any atom is -0.379 e. The van der Waals surface area contributed by atoms with Crippen LogP contribution in [0, 0.1) is 17.0 Å². The monoisotopic (exact) mass is 269 g/mol. The minimum atomic E-state index is -0.587. The van der Waals surface area contributed by atoms with Gasteiger partial charge in [-0.15, -0.1) is 0 Å².